The van der Waals surface area contributed by atoms with E-state index in [0.717, 1.165) is 17.0 Å². The number of esters is 1. The van der Waals surface area contributed by atoms with Crippen LogP contribution in [0.5, 0.6) is 0 Å². The summed E-state index contributed by atoms with van der Waals surface area (Å²) < 4.78 is 48.8. The van der Waals surface area contributed by atoms with Crippen molar-refractivity contribution in [2.45, 2.75) is 13.1 Å². The Morgan fingerprint density at radius 3 is 2.69 bits per heavy atom. The second-order valence-electron chi connectivity index (χ2n) is 5.85. The minimum absolute atomic E-state index is 0.0317. The fourth-order valence-electron chi connectivity index (χ4n) is 2.54. The molecule has 2 aromatic rings. The summed E-state index contributed by atoms with van der Waals surface area (Å²) >= 11 is 0.630. The van der Waals surface area contributed by atoms with Gasteiger partial charge in [-0.25, -0.2) is 0 Å². The Balaban J connectivity index is 1.79. The fourth-order valence-corrected chi connectivity index (χ4v) is 3.35. The third-order valence-electron chi connectivity index (χ3n) is 3.84. The molecule has 0 N–H and O–H groups in total. The summed E-state index contributed by atoms with van der Waals surface area (Å²) in [6.45, 7) is 1.23. The lowest BCUT2D eigenvalue weighted by molar-refractivity contribution is -0.146. The van der Waals surface area contributed by atoms with Crippen molar-refractivity contribution in [2.24, 2.45) is 0 Å². The molecule has 2 amide bonds. The maximum absolute atomic E-state index is 12.9. The number of alkyl halides is 3. The number of thioether (sulfide) groups is 1. The van der Waals surface area contributed by atoms with E-state index >= 15 is 0 Å². The second-order valence-corrected chi connectivity index (χ2v) is 6.85. The van der Waals surface area contributed by atoms with Crippen LogP contribution in [0.4, 0.5) is 18.0 Å². The van der Waals surface area contributed by atoms with Crippen LogP contribution in [0.3, 0.4) is 0 Å². The van der Waals surface area contributed by atoms with Crippen LogP contribution in [0, 0.1) is 0 Å². The highest BCUT2D eigenvalue weighted by atomic mass is 32.2. The highest BCUT2D eigenvalue weighted by Gasteiger charge is 2.37. The first-order valence-corrected chi connectivity index (χ1v) is 9.19. The average molecular weight is 425 g/mol. The van der Waals surface area contributed by atoms with Crippen LogP contribution in [0.25, 0.3) is 17.4 Å². The molecule has 0 bridgehead atoms. The van der Waals surface area contributed by atoms with E-state index in [1.165, 1.54) is 30.3 Å². The maximum atomic E-state index is 12.9. The van der Waals surface area contributed by atoms with Gasteiger partial charge in [0.2, 0.25) is 0 Å². The molecule has 1 fully saturated rings. The SMILES string of the molecule is CCOC(=O)CN1C(=O)S/C(=C\c2ccc(-c3cccc(C(F)(F)F)c3)o2)C1=O. The zero-order valence-corrected chi connectivity index (χ0v) is 15.8. The van der Waals surface area contributed by atoms with Gasteiger partial charge in [0.1, 0.15) is 18.1 Å². The predicted molar refractivity (Wildman–Crippen MR) is 98.5 cm³/mol. The Bertz CT molecular complexity index is 996. The van der Waals surface area contributed by atoms with Crippen LogP contribution in [0.1, 0.15) is 18.2 Å². The van der Waals surface area contributed by atoms with Crippen molar-refractivity contribution >= 4 is 35.0 Å². The van der Waals surface area contributed by atoms with Crippen LogP contribution in [0.2, 0.25) is 0 Å². The molecule has 0 unspecified atom stereocenters. The summed E-state index contributed by atoms with van der Waals surface area (Å²) in [6, 6.07) is 7.56. The average Bonchev–Trinajstić information content (AvgIpc) is 3.22. The maximum Gasteiger partial charge on any atom is 0.416 e. The van der Waals surface area contributed by atoms with Gasteiger partial charge < -0.3 is 9.15 Å². The molecule has 3 rings (SSSR count). The summed E-state index contributed by atoms with van der Waals surface area (Å²) in [5.74, 6) is -1.03. The molecule has 1 aliphatic heterocycles. The third kappa shape index (κ3) is 4.70. The molecule has 0 aliphatic carbocycles. The number of hydrogen-bond acceptors (Lipinski definition) is 6. The minimum atomic E-state index is -4.48. The number of furan rings is 1. The highest BCUT2D eigenvalue weighted by Crippen LogP contribution is 2.35. The van der Waals surface area contributed by atoms with E-state index in [9.17, 15) is 27.6 Å². The van der Waals surface area contributed by atoms with Crippen LogP contribution < -0.4 is 0 Å². The van der Waals surface area contributed by atoms with Gasteiger partial charge in [0.15, 0.2) is 0 Å². The first-order valence-electron chi connectivity index (χ1n) is 8.37. The molecule has 1 aromatic heterocycles. The number of carbonyl (C=O) groups excluding carboxylic acids is 3. The van der Waals surface area contributed by atoms with E-state index in [1.54, 1.807) is 6.92 Å². The van der Waals surface area contributed by atoms with Gasteiger partial charge in [-0.1, -0.05) is 12.1 Å². The molecule has 0 saturated carbocycles. The van der Waals surface area contributed by atoms with Crippen LogP contribution >= 0.6 is 11.8 Å². The number of hydrogen-bond donors (Lipinski definition) is 0. The Morgan fingerprint density at radius 2 is 2.00 bits per heavy atom. The number of nitrogens with zero attached hydrogens (tertiary/aromatic N) is 1. The zero-order chi connectivity index (χ0) is 21.2. The van der Waals surface area contributed by atoms with Crippen LogP contribution in [-0.2, 0) is 20.5 Å². The van der Waals surface area contributed by atoms with Crippen molar-refractivity contribution in [3.8, 4) is 11.3 Å². The lowest BCUT2D eigenvalue weighted by Crippen LogP contribution is -2.34. The summed E-state index contributed by atoms with van der Waals surface area (Å²) in [7, 11) is 0. The second kappa shape index (κ2) is 8.16. The van der Waals surface area contributed by atoms with E-state index in [4.69, 9.17) is 9.15 Å². The summed E-state index contributed by atoms with van der Waals surface area (Å²) in [4.78, 5) is 36.6. The van der Waals surface area contributed by atoms with Gasteiger partial charge in [-0.15, -0.1) is 0 Å². The Labute approximate surface area is 167 Å². The van der Waals surface area contributed by atoms with Crippen molar-refractivity contribution in [3.05, 3.63) is 52.6 Å². The number of rotatable bonds is 5. The highest BCUT2D eigenvalue weighted by molar-refractivity contribution is 8.18. The Hall–Kier alpha value is -3.01. The predicted octanol–water partition coefficient (Wildman–Crippen LogP) is 4.56. The summed E-state index contributed by atoms with van der Waals surface area (Å²) in [5.41, 5.74) is -0.595. The number of imide groups is 1. The molecule has 0 radical (unpaired) electrons. The molecule has 6 nitrogen and oxygen atoms in total. The molecule has 152 valence electrons. The number of benzene rings is 1. The minimum Gasteiger partial charge on any atom is -0.465 e. The first kappa shape index (κ1) is 20.7. The molecular formula is C19H14F3NO5S. The molecule has 10 heteroatoms. The number of halogens is 3. The van der Waals surface area contributed by atoms with Crippen molar-refractivity contribution < 1.29 is 36.7 Å². The Morgan fingerprint density at radius 1 is 1.24 bits per heavy atom. The molecule has 1 aliphatic rings. The van der Waals surface area contributed by atoms with E-state index < -0.39 is 35.4 Å². The third-order valence-corrected chi connectivity index (χ3v) is 4.75. The van der Waals surface area contributed by atoms with Crippen molar-refractivity contribution in [1.82, 2.24) is 4.90 Å². The van der Waals surface area contributed by atoms with Crippen LogP contribution in [0.15, 0.2) is 45.7 Å². The number of amides is 2. The molecule has 0 atom stereocenters. The normalized spacial score (nSPS) is 16.0. The molecule has 1 aromatic carbocycles. The van der Waals surface area contributed by atoms with Gasteiger partial charge in [-0.05, 0) is 43.0 Å². The zero-order valence-electron chi connectivity index (χ0n) is 15.0. The molecule has 29 heavy (non-hydrogen) atoms. The monoisotopic (exact) mass is 425 g/mol. The van der Waals surface area contributed by atoms with E-state index in [1.807, 2.05) is 0 Å². The molecule has 0 spiro atoms. The van der Waals surface area contributed by atoms with Crippen molar-refractivity contribution in [1.29, 1.82) is 0 Å². The standard InChI is InChI=1S/C19H14F3NO5S/c1-2-27-16(24)10-23-17(25)15(29-18(23)26)9-13-6-7-14(28-13)11-4-3-5-12(8-11)19(20,21)22/h3-9H,2,10H2,1H3/b15-9-. The lowest BCUT2D eigenvalue weighted by Gasteiger charge is -2.10. The summed E-state index contributed by atoms with van der Waals surface area (Å²) in [6.07, 6.45) is -3.18. The molecule has 1 saturated heterocycles. The summed E-state index contributed by atoms with van der Waals surface area (Å²) in [5, 5.41) is -0.626. The van der Waals surface area contributed by atoms with Crippen LogP contribution in [-0.4, -0.2) is 35.2 Å². The quantitative estimate of drug-likeness (QED) is 0.516. The lowest BCUT2D eigenvalue weighted by atomic mass is 10.1. The smallest absolute Gasteiger partial charge is 0.416 e. The largest absolute Gasteiger partial charge is 0.465 e. The molecular weight excluding hydrogens is 411 g/mol. The van der Waals surface area contributed by atoms with Gasteiger partial charge in [0.25, 0.3) is 11.1 Å². The fraction of sp³-hybridized carbons (Fsp3) is 0.211. The van der Waals surface area contributed by atoms with Gasteiger partial charge in [-0.2, -0.15) is 13.2 Å². The van der Waals surface area contributed by atoms with E-state index in [2.05, 4.69) is 0 Å². The Kier molecular flexibility index (Phi) is 5.83. The topological polar surface area (TPSA) is 76.8 Å². The first-order chi connectivity index (χ1) is 13.7. The van der Waals surface area contributed by atoms with Gasteiger partial charge >= 0.3 is 12.1 Å². The van der Waals surface area contributed by atoms with Gasteiger partial charge in [0, 0.05) is 11.6 Å². The van der Waals surface area contributed by atoms with E-state index in [-0.39, 0.29) is 28.6 Å². The van der Waals surface area contributed by atoms with Crippen molar-refractivity contribution in [3.63, 3.8) is 0 Å². The van der Waals surface area contributed by atoms with Gasteiger partial charge in [-0.3, -0.25) is 19.3 Å². The number of ether oxygens (including phenoxy) is 1. The van der Waals surface area contributed by atoms with Gasteiger partial charge in [0.05, 0.1) is 17.1 Å². The van der Waals surface area contributed by atoms with E-state index in [0.29, 0.717) is 11.8 Å². The molecule has 2 heterocycles. The van der Waals surface area contributed by atoms with Crippen molar-refractivity contribution in [2.75, 3.05) is 13.2 Å². The number of carbonyl (C=O) groups is 3.